The van der Waals surface area contributed by atoms with Crippen molar-refractivity contribution in [2.75, 3.05) is 0 Å². The Morgan fingerprint density at radius 1 is 0.944 bits per heavy atom. The van der Waals surface area contributed by atoms with Crippen molar-refractivity contribution in [1.82, 2.24) is 5.32 Å². The van der Waals surface area contributed by atoms with Crippen LogP contribution in [0.3, 0.4) is 0 Å². The molecule has 104 valence electrons. The van der Waals surface area contributed by atoms with Gasteiger partial charge in [0.05, 0.1) is 0 Å². The fraction of sp³-hybridized carbons (Fsp3) is 0.882. The molecule has 2 aliphatic carbocycles. The van der Waals surface area contributed by atoms with Crippen LogP contribution in [0.1, 0.15) is 59.8 Å². The minimum absolute atomic E-state index is 0.704. The molecule has 0 radical (unpaired) electrons. The van der Waals surface area contributed by atoms with Gasteiger partial charge in [0.2, 0.25) is 0 Å². The van der Waals surface area contributed by atoms with Crippen LogP contribution in [0.2, 0.25) is 0 Å². The topological polar surface area (TPSA) is 12.0 Å². The summed E-state index contributed by atoms with van der Waals surface area (Å²) in [6, 6.07) is 1.46. The minimum atomic E-state index is 0.704. The molecule has 1 heteroatoms. The van der Waals surface area contributed by atoms with E-state index in [4.69, 9.17) is 0 Å². The maximum Gasteiger partial charge on any atom is 0.0104 e. The number of hydrogen-bond donors (Lipinski definition) is 1. The Morgan fingerprint density at radius 3 is 2.33 bits per heavy atom. The molecule has 0 bridgehead atoms. The van der Waals surface area contributed by atoms with Crippen LogP contribution in [0.15, 0.2) is 12.2 Å². The van der Waals surface area contributed by atoms with Gasteiger partial charge in [0.25, 0.3) is 0 Å². The van der Waals surface area contributed by atoms with Gasteiger partial charge in [-0.3, -0.25) is 0 Å². The van der Waals surface area contributed by atoms with Gasteiger partial charge in [-0.2, -0.15) is 0 Å². The van der Waals surface area contributed by atoms with E-state index >= 15 is 0 Å². The molecule has 0 amide bonds. The molecular formula is C17H31N. The Bertz CT molecular complexity index is 296. The molecule has 0 aliphatic heterocycles. The second-order valence-electron chi connectivity index (χ2n) is 7.25. The summed E-state index contributed by atoms with van der Waals surface area (Å²) in [7, 11) is 0. The van der Waals surface area contributed by atoms with Gasteiger partial charge in [0.15, 0.2) is 0 Å². The fourth-order valence-electron chi connectivity index (χ4n) is 3.81. The summed E-state index contributed by atoms with van der Waals surface area (Å²) in [6.45, 7) is 13.8. The quantitative estimate of drug-likeness (QED) is 0.716. The molecule has 18 heavy (non-hydrogen) atoms. The summed E-state index contributed by atoms with van der Waals surface area (Å²) in [5.74, 6) is 3.23. The van der Waals surface area contributed by atoms with Gasteiger partial charge in [-0.1, -0.05) is 46.3 Å². The van der Waals surface area contributed by atoms with Crippen molar-refractivity contribution >= 4 is 0 Å². The highest BCUT2D eigenvalue weighted by molar-refractivity contribution is 5.07. The zero-order valence-corrected chi connectivity index (χ0v) is 12.7. The van der Waals surface area contributed by atoms with Crippen molar-refractivity contribution in [3.05, 3.63) is 12.2 Å². The molecule has 2 saturated carbocycles. The van der Waals surface area contributed by atoms with Crippen molar-refractivity contribution < 1.29 is 0 Å². The highest BCUT2D eigenvalue weighted by Crippen LogP contribution is 2.35. The predicted molar refractivity (Wildman–Crippen MR) is 79.6 cm³/mol. The molecular weight excluding hydrogens is 218 g/mol. The van der Waals surface area contributed by atoms with Crippen LogP contribution in [0.4, 0.5) is 0 Å². The van der Waals surface area contributed by atoms with Crippen molar-refractivity contribution in [1.29, 1.82) is 0 Å². The van der Waals surface area contributed by atoms with Crippen LogP contribution in [0.5, 0.6) is 0 Å². The first-order valence-corrected chi connectivity index (χ1v) is 7.91. The highest BCUT2D eigenvalue weighted by Gasteiger charge is 2.32. The Labute approximate surface area is 113 Å². The number of rotatable bonds is 2. The highest BCUT2D eigenvalue weighted by atomic mass is 15.0. The largest absolute Gasteiger partial charge is 0.311 e. The molecule has 2 aliphatic rings. The van der Waals surface area contributed by atoms with E-state index in [0.29, 0.717) is 12.0 Å². The van der Waals surface area contributed by atoms with Crippen LogP contribution in [-0.2, 0) is 0 Å². The zero-order chi connectivity index (χ0) is 13.3. The maximum absolute atomic E-state index is 4.23. The van der Waals surface area contributed by atoms with Gasteiger partial charge in [-0.05, 0) is 49.4 Å². The first-order valence-electron chi connectivity index (χ1n) is 7.91. The Morgan fingerprint density at radius 2 is 1.61 bits per heavy atom. The van der Waals surface area contributed by atoms with Crippen molar-refractivity contribution in [2.24, 2.45) is 23.7 Å². The summed E-state index contributed by atoms with van der Waals surface area (Å²) in [5, 5.41) is 4.00. The summed E-state index contributed by atoms with van der Waals surface area (Å²) in [6.07, 6.45) is 6.71. The second-order valence-corrected chi connectivity index (χ2v) is 7.25. The average Bonchev–Trinajstić information content (AvgIpc) is 2.30. The van der Waals surface area contributed by atoms with Crippen LogP contribution >= 0.6 is 0 Å². The number of allylic oxidation sites excluding steroid dienone is 1. The smallest absolute Gasteiger partial charge is 0.0104 e. The third kappa shape index (κ3) is 3.17. The molecule has 0 saturated heterocycles. The fourth-order valence-corrected chi connectivity index (χ4v) is 3.81. The van der Waals surface area contributed by atoms with Gasteiger partial charge in [0, 0.05) is 12.1 Å². The molecule has 0 heterocycles. The molecule has 0 aromatic heterocycles. The Hall–Kier alpha value is -0.300. The van der Waals surface area contributed by atoms with Gasteiger partial charge in [0.1, 0.15) is 0 Å². The molecule has 0 spiro atoms. The predicted octanol–water partition coefficient (Wildman–Crippen LogP) is 4.39. The SMILES string of the molecule is C=C1CC(C)C(NC2CC(C)CCC2C)CC1C. The summed E-state index contributed by atoms with van der Waals surface area (Å²) in [4.78, 5) is 0. The van der Waals surface area contributed by atoms with E-state index in [1.54, 1.807) is 0 Å². The van der Waals surface area contributed by atoms with E-state index in [9.17, 15) is 0 Å². The van der Waals surface area contributed by atoms with E-state index in [0.717, 1.165) is 23.8 Å². The molecule has 6 unspecified atom stereocenters. The first kappa shape index (κ1) is 14.1. The summed E-state index contributed by atoms with van der Waals surface area (Å²) >= 11 is 0. The molecule has 6 atom stereocenters. The van der Waals surface area contributed by atoms with Crippen molar-refractivity contribution in [3.8, 4) is 0 Å². The number of nitrogens with one attached hydrogen (secondary N) is 1. The molecule has 1 nitrogen and oxygen atoms in total. The molecule has 2 rings (SSSR count). The minimum Gasteiger partial charge on any atom is -0.311 e. The lowest BCUT2D eigenvalue weighted by Crippen LogP contribution is -2.49. The van der Waals surface area contributed by atoms with Crippen molar-refractivity contribution in [3.63, 3.8) is 0 Å². The van der Waals surface area contributed by atoms with Crippen LogP contribution in [0.25, 0.3) is 0 Å². The Balaban J connectivity index is 1.93. The van der Waals surface area contributed by atoms with E-state index < -0.39 is 0 Å². The molecule has 0 aromatic carbocycles. The van der Waals surface area contributed by atoms with Crippen molar-refractivity contribution in [2.45, 2.75) is 71.9 Å². The summed E-state index contributed by atoms with van der Waals surface area (Å²) in [5.41, 5.74) is 1.46. The molecule has 1 N–H and O–H groups in total. The van der Waals surface area contributed by atoms with E-state index in [-0.39, 0.29) is 0 Å². The lowest BCUT2D eigenvalue weighted by atomic mass is 9.75. The zero-order valence-electron chi connectivity index (χ0n) is 12.7. The van der Waals surface area contributed by atoms with Gasteiger partial charge in [-0.15, -0.1) is 0 Å². The number of hydrogen-bond acceptors (Lipinski definition) is 1. The van der Waals surface area contributed by atoms with Gasteiger partial charge < -0.3 is 5.32 Å². The van der Waals surface area contributed by atoms with Gasteiger partial charge in [-0.25, -0.2) is 0 Å². The molecule has 2 fully saturated rings. The Kier molecular flexibility index (Phi) is 4.53. The van der Waals surface area contributed by atoms with E-state index in [2.05, 4.69) is 39.6 Å². The first-order chi connectivity index (χ1) is 8.47. The lowest BCUT2D eigenvalue weighted by Gasteiger charge is -2.41. The third-order valence-electron chi connectivity index (χ3n) is 5.46. The van der Waals surface area contributed by atoms with Crippen LogP contribution < -0.4 is 5.32 Å². The summed E-state index contributed by atoms with van der Waals surface area (Å²) < 4.78 is 0. The van der Waals surface area contributed by atoms with E-state index in [1.165, 1.54) is 37.7 Å². The maximum atomic E-state index is 4.23. The van der Waals surface area contributed by atoms with Crippen LogP contribution in [0, 0.1) is 23.7 Å². The average molecular weight is 249 g/mol. The lowest BCUT2D eigenvalue weighted by molar-refractivity contribution is 0.175. The standard InChI is InChI=1S/C17H31N/c1-11-6-7-12(2)16(8-11)18-17-10-14(4)13(3)9-15(17)5/h11-12,14-18H,3,6-10H2,1-2,4-5H3. The van der Waals surface area contributed by atoms with Gasteiger partial charge >= 0.3 is 0 Å². The second kappa shape index (κ2) is 5.77. The normalized spacial score (nSPS) is 46.1. The van der Waals surface area contributed by atoms with E-state index in [1.807, 2.05) is 0 Å². The van der Waals surface area contributed by atoms with Crippen LogP contribution in [-0.4, -0.2) is 12.1 Å². The molecule has 0 aromatic rings. The monoisotopic (exact) mass is 249 g/mol. The third-order valence-corrected chi connectivity index (χ3v) is 5.46.